The molecule has 0 spiro atoms. The van der Waals surface area contributed by atoms with Gasteiger partial charge in [-0.05, 0) is 69.6 Å². The smallest absolute Gasteiger partial charge is 0.0239 e. The summed E-state index contributed by atoms with van der Waals surface area (Å²) in [5.74, 6) is 0.969. The van der Waals surface area contributed by atoms with Crippen LogP contribution in [-0.4, -0.2) is 9.97 Å². The maximum Gasteiger partial charge on any atom is 0.0239 e. The predicted octanol–water partition coefficient (Wildman–Crippen LogP) is 13.1. The second kappa shape index (κ2) is 16.7. The minimum atomic E-state index is 0. The Morgan fingerprint density at radius 1 is 0.692 bits per heavy atom. The fourth-order valence-electron chi connectivity index (χ4n) is 6.64. The molecule has 0 fully saturated rings. The third-order valence-corrected chi connectivity index (χ3v) is 10.7. The Balaban J connectivity index is 0.000000208. The first kappa shape index (κ1) is 37.0. The Kier molecular flexibility index (Phi) is 11.9. The third kappa shape index (κ3) is 8.16. The van der Waals surface area contributed by atoms with Crippen LogP contribution >= 0.6 is 11.3 Å². The molecule has 3 aromatic heterocycles. The first-order valence-electron chi connectivity index (χ1n) is 17.7. The number of rotatable bonds is 7. The molecule has 4 heteroatoms. The van der Waals surface area contributed by atoms with E-state index in [-0.39, 0.29) is 20.1 Å². The molecule has 0 saturated heterocycles. The molecule has 0 amide bonds. The van der Waals surface area contributed by atoms with E-state index in [4.69, 9.17) is 4.98 Å². The summed E-state index contributed by atoms with van der Waals surface area (Å²) in [5.41, 5.74) is 13.1. The van der Waals surface area contributed by atoms with Crippen LogP contribution in [0.1, 0.15) is 54.5 Å². The molecule has 0 bridgehead atoms. The number of hydrogen-bond donors (Lipinski definition) is 0. The van der Waals surface area contributed by atoms with E-state index < -0.39 is 0 Å². The van der Waals surface area contributed by atoms with Crippen LogP contribution in [0.25, 0.3) is 53.8 Å². The largest absolute Gasteiger partial charge is 0.305 e. The van der Waals surface area contributed by atoms with Crippen LogP contribution in [0, 0.1) is 31.9 Å². The summed E-state index contributed by atoms with van der Waals surface area (Å²) >= 11 is 1.83. The van der Waals surface area contributed by atoms with Crippen LogP contribution in [0.3, 0.4) is 0 Å². The van der Waals surface area contributed by atoms with E-state index in [1.165, 1.54) is 59.1 Å². The summed E-state index contributed by atoms with van der Waals surface area (Å²) in [6.45, 7) is 11.0. The molecule has 1 unspecified atom stereocenters. The molecule has 261 valence electrons. The molecule has 8 rings (SSSR count). The Hall–Kier alpha value is -4.73. The van der Waals surface area contributed by atoms with E-state index in [9.17, 15) is 0 Å². The van der Waals surface area contributed by atoms with Crippen molar-refractivity contribution < 1.29 is 20.1 Å². The van der Waals surface area contributed by atoms with E-state index in [1.807, 2.05) is 29.8 Å². The Labute approximate surface area is 326 Å². The van der Waals surface area contributed by atoms with Gasteiger partial charge >= 0.3 is 0 Å². The van der Waals surface area contributed by atoms with Gasteiger partial charge in [0.05, 0.1) is 0 Å². The number of thiophene rings is 1. The minimum absolute atomic E-state index is 0. The van der Waals surface area contributed by atoms with Gasteiger partial charge in [0.15, 0.2) is 0 Å². The van der Waals surface area contributed by atoms with E-state index >= 15 is 0 Å². The summed E-state index contributed by atoms with van der Waals surface area (Å²) in [6, 6.07) is 51.7. The fourth-order valence-corrected chi connectivity index (χ4v) is 7.87. The van der Waals surface area contributed by atoms with Gasteiger partial charge < -0.3 is 9.97 Å². The first-order valence-corrected chi connectivity index (χ1v) is 18.5. The van der Waals surface area contributed by atoms with Gasteiger partial charge in [-0.25, -0.2) is 0 Å². The van der Waals surface area contributed by atoms with Gasteiger partial charge in [-0.1, -0.05) is 141 Å². The number of hydrogen-bond acceptors (Lipinski definition) is 3. The van der Waals surface area contributed by atoms with Gasteiger partial charge in [-0.3, -0.25) is 0 Å². The SMILES string of the molecule is CC(c1ccccc1)c1ccnc(-c2[c-]cc(-c3ccccc3)c3c2sc2ccccc23)c1.Cc1c[c-]c(-c2cc(C)c(CC(C)C)cn2)cc1.[Ir]. The maximum absolute atomic E-state index is 4.78. The van der Waals surface area contributed by atoms with Crippen molar-refractivity contribution in [1.29, 1.82) is 0 Å². The Bertz CT molecular complexity index is 2400. The normalized spacial score (nSPS) is 11.6. The summed E-state index contributed by atoms with van der Waals surface area (Å²) in [4.78, 5) is 9.35. The number of nitrogens with zero attached hydrogens (tertiary/aromatic N) is 2. The van der Waals surface area contributed by atoms with Crippen molar-refractivity contribution in [3.63, 3.8) is 0 Å². The van der Waals surface area contributed by atoms with Gasteiger partial charge in [0.1, 0.15) is 0 Å². The van der Waals surface area contributed by atoms with Crippen molar-refractivity contribution in [2.24, 2.45) is 5.92 Å². The molecule has 0 aliphatic rings. The number of benzene rings is 5. The number of aryl methyl sites for hydroxylation is 2. The standard InChI is InChI=1S/C31H22NS.C17H20N.Ir/c1-21(22-10-4-2-5-11-22)24-18-19-32-28(20-24)26-17-16-25(23-12-6-3-7-13-23)30-27-14-8-9-15-29(27)33-31(26)30;1-12(2)9-16-11-18-17(10-14(16)4)15-7-5-13(3)6-8-15;/h2-16,18-21H,1H3;5-7,10-12H,9H2,1-4H3;/q2*-1;. The second-order valence-electron chi connectivity index (χ2n) is 13.7. The van der Waals surface area contributed by atoms with Gasteiger partial charge in [-0.2, -0.15) is 11.3 Å². The molecule has 0 aliphatic carbocycles. The Morgan fingerprint density at radius 3 is 2.13 bits per heavy atom. The summed E-state index contributed by atoms with van der Waals surface area (Å²) in [5, 5.41) is 2.58. The molecular weight excluding hydrogens is 829 g/mol. The molecule has 3 heterocycles. The average molecular weight is 871 g/mol. The summed E-state index contributed by atoms with van der Waals surface area (Å²) < 4.78 is 2.54. The molecule has 52 heavy (non-hydrogen) atoms. The van der Waals surface area contributed by atoms with E-state index in [0.717, 1.165) is 28.9 Å². The average Bonchev–Trinajstić information content (AvgIpc) is 3.56. The Morgan fingerprint density at radius 2 is 1.42 bits per heavy atom. The molecule has 1 radical (unpaired) electrons. The number of aromatic nitrogens is 2. The monoisotopic (exact) mass is 871 g/mol. The quantitative estimate of drug-likeness (QED) is 0.149. The predicted molar refractivity (Wildman–Crippen MR) is 217 cm³/mol. The number of pyridine rings is 2. The molecule has 5 aromatic carbocycles. The van der Waals surface area contributed by atoms with Gasteiger partial charge in [0.25, 0.3) is 0 Å². The maximum atomic E-state index is 4.78. The zero-order chi connectivity index (χ0) is 35.3. The molecule has 0 N–H and O–H groups in total. The van der Waals surface area contributed by atoms with Crippen LogP contribution in [0.4, 0.5) is 0 Å². The molecule has 2 nitrogen and oxygen atoms in total. The third-order valence-electron chi connectivity index (χ3n) is 9.47. The summed E-state index contributed by atoms with van der Waals surface area (Å²) in [7, 11) is 0. The van der Waals surface area contributed by atoms with Crippen molar-refractivity contribution in [1.82, 2.24) is 9.97 Å². The van der Waals surface area contributed by atoms with Crippen molar-refractivity contribution >= 4 is 31.5 Å². The van der Waals surface area contributed by atoms with E-state index in [0.29, 0.717) is 11.8 Å². The van der Waals surface area contributed by atoms with Crippen LogP contribution in [0.15, 0.2) is 140 Å². The van der Waals surface area contributed by atoms with Gasteiger partial charge in [-0.15, -0.1) is 53.1 Å². The van der Waals surface area contributed by atoms with E-state index in [2.05, 4.69) is 173 Å². The van der Waals surface area contributed by atoms with Crippen LogP contribution in [-0.2, 0) is 26.5 Å². The van der Waals surface area contributed by atoms with Crippen molar-refractivity contribution in [2.45, 2.75) is 47.0 Å². The van der Waals surface area contributed by atoms with Gasteiger partial charge in [0.2, 0.25) is 0 Å². The van der Waals surface area contributed by atoms with Crippen LogP contribution in [0.5, 0.6) is 0 Å². The fraction of sp³-hybridized carbons (Fsp3) is 0.167. The van der Waals surface area contributed by atoms with Crippen molar-refractivity contribution in [3.05, 3.63) is 180 Å². The first-order chi connectivity index (χ1) is 24.9. The van der Waals surface area contributed by atoms with Crippen molar-refractivity contribution in [2.75, 3.05) is 0 Å². The zero-order valence-corrected chi connectivity index (χ0v) is 33.5. The molecule has 8 aromatic rings. The van der Waals surface area contributed by atoms with Crippen LogP contribution < -0.4 is 0 Å². The molecule has 0 saturated carbocycles. The minimum Gasteiger partial charge on any atom is -0.305 e. The van der Waals surface area contributed by atoms with Crippen LogP contribution in [0.2, 0.25) is 0 Å². The molecule has 1 atom stereocenters. The zero-order valence-electron chi connectivity index (χ0n) is 30.3. The number of fused-ring (bicyclic) bond motifs is 3. The molecular formula is C48H42IrN2S-2. The second-order valence-corrected chi connectivity index (χ2v) is 14.8. The topological polar surface area (TPSA) is 25.8 Å². The van der Waals surface area contributed by atoms with Gasteiger partial charge in [0, 0.05) is 43.1 Å². The summed E-state index contributed by atoms with van der Waals surface area (Å²) in [6.07, 6.45) is 5.04. The van der Waals surface area contributed by atoms with Crippen molar-refractivity contribution in [3.8, 4) is 33.6 Å². The van der Waals surface area contributed by atoms with E-state index in [1.54, 1.807) is 0 Å². The molecule has 0 aliphatic heterocycles.